The Kier molecular flexibility index (Phi) is 5.32. The van der Waals surface area contributed by atoms with Gasteiger partial charge in [0.1, 0.15) is 10.7 Å². The fraction of sp³-hybridized carbons (Fsp3) is 0.500. The van der Waals surface area contributed by atoms with E-state index >= 15 is 0 Å². The van der Waals surface area contributed by atoms with E-state index < -0.39 is 10.7 Å². The van der Waals surface area contributed by atoms with Crippen LogP contribution in [-0.4, -0.2) is 15.0 Å². The lowest BCUT2D eigenvalue weighted by Gasteiger charge is -2.12. The summed E-state index contributed by atoms with van der Waals surface area (Å²) in [4.78, 5) is 0. The Labute approximate surface area is 98.8 Å². The van der Waals surface area contributed by atoms with Gasteiger partial charge in [-0.1, -0.05) is 25.5 Å². The van der Waals surface area contributed by atoms with Crippen molar-refractivity contribution in [2.45, 2.75) is 32.4 Å². The van der Waals surface area contributed by atoms with Gasteiger partial charge in [-0.2, -0.15) is 0 Å². The first-order valence-corrected chi connectivity index (χ1v) is 6.87. The van der Waals surface area contributed by atoms with E-state index in [2.05, 4.69) is 18.3 Å². The van der Waals surface area contributed by atoms with Crippen molar-refractivity contribution in [3.8, 4) is 0 Å². The predicted octanol–water partition coefficient (Wildman–Crippen LogP) is 2.12. The molecule has 1 aromatic rings. The highest BCUT2D eigenvalue weighted by Crippen LogP contribution is 2.20. The zero-order valence-corrected chi connectivity index (χ0v) is 10.6. The summed E-state index contributed by atoms with van der Waals surface area (Å²) in [5, 5.41) is 3.29. The van der Waals surface area contributed by atoms with E-state index in [1.807, 2.05) is 13.0 Å². The molecule has 0 saturated heterocycles. The van der Waals surface area contributed by atoms with E-state index in [9.17, 15) is 8.42 Å². The van der Waals surface area contributed by atoms with Gasteiger partial charge in [0.15, 0.2) is 0 Å². The molecule has 16 heavy (non-hydrogen) atoms. The molecule has 0 unspecified atom stereocenters. The third kappa shape index (κ3) is 3.85. The zero-order chi connectivity index (χ0) is 12.0. The summed E-state index contributed by atoms with van der Waals surface area (Å²) in [5.41, 5.74) is 2.74. The van der Waals surface area contributed by atoms with Crippen LogP contribution in [0.3, 0.4) is 0 Å². The first-order valence-electron chi connectivity index (χ1n) is 5.51. The monoisotopic (exact) mass is 240 g/mol. The molecule has 1 rings (SSSR count). The van der Waals surface area contributed by atoms with E-state index in [0.29, 0.717) is 0 Å². The molecule has 0 aliphatic rings. The van der Waals surface area contributed by atoms with Crippen LogP contribution in [-0.2, 0) is 16.5 Å². The Morgan fingerprint density at radius 3 is 2.81 bits per heavy atom. The summed E-state index contributed by atoms with van der Waals surface area (Å²) in [5.74, 6) is 0.0965. The topological polar surface area (TPSA) is 46.2 Å². The molecule has 0 saturated carbocycles. The minimum absolute atomic E-state index is 0.0965. The van der Waals surface area contributed by atoms with Crippen molar-refractivity contribution in [2.75, 3.05) is 11.9 Å². The van der Waals surface area contributed by atoms with Crippen LogP contribution in [0.25, 0.3) is 0 Å². The molecule has 3 nitrogen and oxygen atoms in total. The Bertz CT molecular complexity index is 405. The number of aryl methyl sites for hydroxylation is 1. The van der Waals surface area contributed by atoms with Crippen molar-refractivity contribution in [3.05, 3.63) is 29.3 Å². The summed E-state index contributed by atoms with van der Waals surface area (Å²) in [7, 11) is -2.38. The molecular weight excluding hydrogens is 222 g/mol. The first kappa shape index (κ1) is 13.0. The largest absolute Gasteiger partial charge is 0.385 e. The lowest BCUT2D eigenvalue weighted by atomic mass is 10.1. The van der Waals surface area contributed by atoms with Crippen LogP contribution >= 0.6 is 0 Å². The van der Waals surface area contributed by atoms with Crippen LogP contribution < -0.4 is 5.32 Å². The number of hydrogen-bond acceptors (Lipinski definition) is 3. The van der Waals surface area contributed by atoms with Gasteiger partial charge < -0.3 is 5.32 Å². The van der Waals surface area contributed by atoms with Crippen LogP contribution in [0.1, 0.15) is 30.9 Å². The fourth-order valence-electron chi connectivity index (χ4n) is 1.57. The Balaban J connectivity index is 2.85. The molecule has 0 aromatic heterocycles. The normalized spacial score (nSPS) is 10.7. The number of anilines is 1. The van der Waals surface area contributed by atoms with Gasteiger partial charge in [0.2, 0.25) is 0 Å². The second-order valence-corrected chi connectivity index (χ2v) is 4.76. The highest BCUT2D eigenvalue weighted by atomic mass is 32.2. The highest BCUT2D eigenvalue weighted by molar-refractivity contribution is 7.71. The maximum atomic E-state index is 10.8. The number of hydrogen-bond donors (Lipinski definition) is 2. The first-order chi connectivity index (χ1) is 7.65. The number of rotatable bonds is 6. The summed E-state index contributed by atoms with van der Waals surface area (Å²) < 4.78 is 21.5. The molecule has 0 spiro atoms. The van der Waals surface area contributed by atoms with Crippen molar-refractivity contribution in [1.29, 1.82) is 0 Å². The molecule has 1 radical (unpaired) electrons. The van der Waals surface area contributed by atoms with Gasteiger partial charge in [0.05, 0.1) is 5.75 Å². The van der Waals surface area contributed by atoms with Gasteiger partial charge in [0.25, 0.3) is 0 Å². The molecule has 4 heteroatoms. The molecule has 0 atom stereocenters. The van der Waals surface area contributed by atoms with E-state index in [0.717, 1.165) is 36.2 Å². The smallest absolute Gasteiger partial charge is 0.144 e. The number of thiol groups is 1. The van der Waals surface area contributed by atoms with Gasteiger partial charge in [0, 0.05) is 12.2 Å². The van der Waals surface area contributed by atoms with E-state index in [-0.39, 0.29) is 5.75 Å². The molecule has 0 heterocycles. The Morgan fingerprint density at radius 2 is 2.19 bits per heavy atom. The molecule has 0 aliphatic carbocycles. The molecule has 1 aromatic carbocycles. The third-order valence-electron chi connectivity index (χ3n) is 2.41. The van der Waals surface area contributed by atoms with Crippen molar-refractivity contribution in [2.24, 2.45) is 0 Å². The number of nitrogens with one attached hydrogen (secondary N) is 1. The van der Waals surface area contributed by atoms with Crippen molar-refractivity contribution in [3.63, 3.8) is 0 Å². The minimum Gasteiger partial charge on any atom is -0.385 e. The van der Waals surface area contributed by atoms with E-state index in [4.69, 9.17) is 0 Å². The van der Waals surface area contributed by atoms with E-state index in [1.54, 1.807) is 6.07 Å². The zero-order valence-electron chi connectivity index (χ0n) is 9.75. The second kappa shape index (κ2) is 6.53. The van der Waals surface area contributed by atoms with Crippen molar-refractivity contribution in [1.82, 2.24) is 0 Å². The lowest BCUT2D eigenvalue weighted by molar-refractivity contribution is 0.614. The third-order valence-corrected chi connectivity index (χ3v) is 3.01. The van der Waals surface area contributed by atoms with Crippen molar-refractivity contribution < 1.29 is 8.42 Å². The molecule has 0 amide bonds. The SMILES string of the molecule is CCCCNc1c(C)[c]ccc1C[SH](=O)=O. The van der Waals surface area contributed by atoms with Crippen LogP contribution in [0.2, 0.25) is 0 Å². The fourth-order valence-corrected chi connectivity index (χ4v) is 2.11. The molecule has 0 fully saturated rings. The average molecular weight is 240 g/mol. The summed E-state index contributed by atoms with van der Waals surface area (Å²) in [6, 6.07) is 6.67. The lowest BCUT2D eigenvalue weighted by Crippen LogP contribution is -2.06. The Morgan fingerprint density at radius 1 is 1.44 bits per heavy atom. The molecule has 1 N–H and O–H groups in total. The maximum absolute atomic E-state index is 10.8. The molecule has 0 aliphatic heterocycles. The van der Waals surface area contributed by atoms with E-state index in [1.165, 1.54) is 0 Å². The quantitative estimate of drug-likeness (QED) is 0.591. The van der Waals surface area contributed by atoms with Gasteiger partial charge in [-0.3, -0.25) is 0 Å². The average Bonchev–Trinajstić information content (AvgIpc) is 2.21. The molecule has 89 valence electrons. The summed E-state index contributed by atoms with van der Waals surface area (Å²) in [6.45, 7) is 4.94. The van der Waals surface area contributed by atoms with Crippen molar-refractivity contribution >= 4 is 16.4 Å². The van der Waals surface area contributed by atoms with Crippen LogP contribution in [0.4, 0.5) is 5.69 Å². The minimum atomic E-state index is -2.38. The number of benzene rings is 1. The highest BCUT2D eigenvalue weighted by Gasteiger charge is 2.05. The molecular formula is C12H18NO2S. The van der Waals surface area contributed by atoms with Gasteiger partial charge in [-0.15, -0.1) is 0 Å². The number of unbranched alkanes of at least 4 members (excludes halogenated alkanes) is 1. The standard InChI is InChI=1S/C12H18NO2S/c1-3-4-8-13-12-10(2)6-5-7-11(12)9-16(14)15/h5,7,13,16H,3-4,8-9H2,1-2H3. The second-order valence-electron chi connectivity index (χ2n) is 3.77. The van der Waals surface area contributed by atoms with Crippen LogP contribution in [0.15, 0.2) is 12.1 Å². The maximum Gasteiger partial charge on any atom is 0.144 e. The molecule has 0 bridgehead atoms. The summed E-state index contributed by atoms with van der Waals surface area (Å²) in [6.07, 6.45) is 2.20. The summed E-state index contributed by atoms with van der Waals surface area (Å²) >= 11 is 0. The van der Waals surface area contributed by atoms with Crippen LogP contribution in [0.5, 0.6) is 0 Å². The van der Waals surface area contributed by atoms with Gasteiger partial charge >= 0.3 is 0 Å². The van der Waals surface area contributed by atoms with Gasteiger partial charge in [-0.25, -0.2) is 8.42 Å². The van der Waals surface area contributed by atoms with Crippen LogP contribution in [0, 0.1) is 13.0 Å². The Hall–Kier alpha value is -1.03. The predicted molar refractivity (Wildman–Crippen MR) is 67.4 cm³/mol. The van der Waals surface area contributed by atoms with Gasteiger partial charge in [-0.05, 0) is 30.5 Å².